The molecule has 0 aromatic rings. The summed E-state index contributed by atoms with van der Waals surface area (Å²) in [5, 5.41) is 8.67. The first-order chi connectivity index (χ1) is 6.63. The van der Waals surface area contributed by atoms with E-state index < -0.39 is 5.97 Å². The zero-order chi connectivity index (χ0) is 10.6. The Balaban J connectivity index is 2.43. The van der Waals surface area contributed by atoms with Crippen LogP contribution in [0.3, 0.4) is 0 Å². The number of rotatable bonds is 4. The molecule has 0 aliphatic carbocycles. The van der Waals surface area contributed by atoms with Gasteiger partial charge in [-0.3, -0.25) is 0 Å². The van der Waals surface area contributed by atoms with E-state index in [1.54, 1.807) is 6.92 Å². The van der Waals surface area contributed by atoms with E-state index in [1.807, 2.05) is 6.07 Å². The van der Waals surface area contributed by atoms with Crippen LogP contribution < -0.4 is 0 Å². The lowest BCUT2D eigenvalue weighted by Crippen LogP contribution is -2.00. The second-order valence-corrected chi connectivity index (χ2v) is 3.10. The van der Waals surface area contributed by atoms with Crippen molar-refractivity contribution >= 4 is 5.97 Å². The quantitative estimate of drug-likeness (QED) is 0.222. The molecular formula is C10H11NO3. The standard InChI is InChI=1S/C10H11NO3/c1-7(2)10(12)14-5-8(4-11)3-9-6-13-9/h5,9H,1,3,6H2,2H3/b8-5-. The molecule has 1 fully saturated rings. The Bertz CT molecular complexity index is 321. The molecule has 1 aliphatic rings. The van der Waals surface area contributed by atoms with Gasteiger partial charge >= 0.3 is 5.97 Å². The zero-order valence-corrected chi connectivity index (χ0v) is 7.95. The Morgan fingerprint density at radius 3 is 2.93 bits per heavy atom. The van der Waals surface area contributed by atoms with Crippen molar-refractivity contribution in [3.05, 3.63) is 24.0 Å². The Morgan fingerprint density at radius 2 is 2.50 bits per heavy atom. The minimum Gasteiger partial charge on any atom is -0.430 e. The summed E-state index contributed by atoms with van der Waals surface area (Å²) in [5.41, 5.74) is 0.711. The van der Waals surface area contributed by atoms with E-state index in [-0.39, 0.29) is 6.10 Å². The average Bonchev–Trinajstić information content (AvgIpc) is 2.95. The number of carbonyl (C=O) groups excluding carboxylic acids is 1. The smallest absolute Gasteiger partial charge is 0.337 e. The number of ether oxygens (including phenoxy) is 2. The summed E-state index contributed by atoms with van der Waals surface area (Å²) >= 11 is 0. The normalized spacial score (nSPS) is 19.7. The molecule has 1 unspecified atom stereocenters. The molecule has 0 amide bonds. The second-order valence-electron chi connectivity index (χ2n) is 3.10. The second kappa shape index (κ2) is 4.58. The number of hydrogen-bond donors (Lipinski definition) is 0. The SMILES string of the molecule is C=C(C)C(=O)O/C=C(\C#N)CC1CO1. The van der Waals surface area contributed by atoms with Gasteiger partial charge in [0.2, 0.25) is 0 Å². The fourth-order valence-corrected chi connectivity index (χ4v) is 0.777. The van der Waals surface area contributed by atoms with Gasteiger partial charge in [-0.15, -0.1) is 0 Å². The van der Waals surface area contributed by atoms with Crippen LogP contribution in [0.25, 0.3) is 0 Å². The summed E-state index contributed by atoms with van der Waals surface area (Å²) in [7, 11) is 0. The molecule has 1 atom stereocenters. The van der Waals surface area contributed by atoms with Crippen LogP contribution >= 0.6 is 0 Å². The van der Waals surface area contributed by atoms with Crippen LogP contribution in [-0.2, 0) is 14.3 Å². The van der Waals surface area contributed by atoms with Gasteiger partial charge < -0.3 is 9.47 Å². The highest BCUT2D eigenvalue weighted by atomic mass is 16.6. The van der Waals surface area contributed by atoms with Crippen molar-refractivity contribution in [2.75, 3.05) is 6.61 Å². The number of epoxide rings is 1. The van der Waals surface area contributed by atoms with Gasteiger partial charge in [0.05, 0.1) is 24.4 Å². The maximum atomic E-state index is 11.0. The lowest BCUT2D eigenvalue weighted by Gasteiger charge is -1.98. The number of nitrogens with zero attached hydrogens (tertiary/aromatic N) is 1. The largest absolute Gasteiger partial charge is 0.430 e. The maximum absolute atomic E-state index is 11.0. The average molecular weight is 193 g/mol. The van der Waals surface area contributed by atoms with Gasteiger partial charge in [-0.2, -0.15) is 5.26 Å². The summed E-state index contributed by atoms with van der Waals surface area (Å²) < 4.78 is 9.65. The van der Waals surface area contributed by atoms with Crippen LogP contribution in [0, 0.1) is 11.3 Å². The van der Waals surface area contributed by atoms with Crippen molar-refractivity contribution in [3.8, 4) is 6.07 Å². The van der Waals surface area contributed by atoms with Crippen molar-refractivity contribution in [2.45, 2.75) is 19.4 Å². The van der Waals surface area contributed by atoms with Gasteiger partial charge in [0, 0.05) is 12.0 Å². The van der Waals surface area contributed by atoms with Crippen LogP contribution in [0.15, 0.2) is 24.0 Å². The van der Waals surface area contributed by atoms with Crippen molar-refractivity contribution in [1.29, 1.82) is 5.26 Å². The molecule has 0 spiro atoms. The third kappa shape index (κ3) is 3.42. The molecular weight excluding hydrogens is 182 g/mol. The van der Waals surface area contributed by atoms with Crippen LogP contribution in [0.2, 0.25) is 0 Å². The lowest BCUT2D eigenvalue weighted by molar-refractivity contribution is -0.133. The monoisotopic (exact) mass is 193 g/mol. The molecule has 0 bridgehead atoms. The fourth-order valence-electron chi connectivity index (χ4n) is 0.777. The minimum absolute atomic E-state index is 0.115. The van der Waals surface area contributed by atoms with Gasteiger partial charge in [0.25, 0.3) is 0 Å². The van der Waals surface area contributed by atoms with E-state index >= 15 is 0 Å². The molecule has 0 aromatic carbocycles. The first-order valence-electron chi connectivity index (χ1n) is 4.20. The summed E-state index contributed by atoms with van der Waals surface area (Å²) in [6.07, 6.45) is 1.78. The van der Waals surface area contributed by atoms with Gasteiger partial charge in [-0.1, -0.05) is 6.58 Å². The van der Waals surface area contributed by atoms with Crippen LogP contribution in [0.4, 0.5) is 0 Å². The van der Waals surface area contributed by atoms with Gasteiger partial charge in [-0.25, -0.2) is 4.79 Å². The molecule has 1 saturated heterocycles. The number of esters is 1. The Labute approximate surface area is 82.4 Å². The number of nitriles is 1. The molecule has 14 heavy (non-hydrogen) atoms. The topological polar surface area (TPSA) is 62.6 Å². The number of carbonyl (C=O) groups is 1. The summed E-state index contributed by atoms with van der Waals surface area (Å²) in [5.74, 6) is -0.519. The molecule has 0 saturated carbocycles. The van der Waals surface area contributed by atoms with E-state index in [1.165, 1.54) is 6.26 Å². The summed E-state index contributed by atoms with van der Waals surface area (Å²) in [6.45, 7) is 5.64. The molecule has 0 aromatic heterocycles. The van der Waals surface area contributed by atoms with Crippen LogP contribution in [0.1, 0.15) is 13.3 Å². The highest BCUT2D eigenvalue weighted by molar-refractivity contribution is 5.87. The molecule has 4 nitrogen and oxygen atoms in total. The van der Waals surface area contributed by atoms with E-state index in [9.17, 15) is 4.79 Å². The minimum atomic E-state index is -0.519. The summed E-state index contributed by atoms with van der Waals surface area (Å²) in [4.78, 5) is 11.0. The molecule has 0 radical (unpaired) electrons. The van der Waals surface area contributed by atoms with E-state index in [0.717, 1.165) is 0 Å². The Kier molecular flexibility index (Phi) is 3.43. The molecule has 1 rings (SSSR count). The van der Waals surface area contributed by atoms with Crippen molar-refractivity contribution in [2.24, 2.45) is 0 Å². The third-order valence-electron chi connectivity index (χ3n) is 1.65. The van der Waals surface area contributed by atoms with Gasteiger partial charge in [0.1, 0.15) is 6.26 Å². The van der Waals surface area contributed by atoms with Crippen LogP contribution in [0.5, 0.6) is 0 Å². The lowest BCUT2D eigenvalue weighted by atomic mass is 10.2. The Hall–Kier alpha value is -1.60. The molecule has 0 N–H and O–H groups in total. The highest BCUT2D eigenvalue weighted by Crippen LogP contribution is 2.18. The highest BCUT2D eigenvalue weighted by Gasteiger charge is 2.24. The van der Waals surface area contributed by atoms with E-state index in [0.29, 0.717) is 24.2 Å². The molecule has 4 heteroatoms. The predicted molar refractivity (Wildman–Crippen MR) is 49.0 cm³/mol. The van der Waals surface area contributed by atoms with Crippen molar-refractivity contribution in [3.63, 3.8) is 0 Å². The maximum Gasteiger partial charge on any atom is 0.337 e. The van der Waals surface area contributed by atoms with E-state index in [2.05, 4.69) is 6.58 Å². The number of hydrogen-bond acceptors (Lipinski definition) is 4. The van der Waals surface area contributed by atoms with Crippen LogP contribution in [-0.4, -0.2) is 18.7 Å². The summed E-state index contributed by atoms with van der Waals surface area (Å²) in [6, 6.07) is 1.94. The Morgan fingerprint density at radius 1 is 1.86 bits per heavy atom. The first-order valence-corrected chi connectivity index (χ1v) is 4.20. The van der Waals surface area contributed by atoms with Gasteiger partial charge in [0.15, 0.2) is 0 Å². The first kappa shape index (κ1) is 10.5. The van der Waals surface area contributed by atoms with Gasteiger partial charge in [-0.05, 0) is 6.92 Å². The molecule has 1 heterocycles. The predicted octanol–water partition coefficient (Wildman–Crippen LogP) is 1.30. The van der Waals surface area contributed by atoms with Crippen molar-refractivity contribution in [1.82, 2.24) is 0 Å². The molecule has 1 aliphatic heterocycles. The fraction of sp³-hybridized carbons (Fsp3) is 0.400. The zero-order valence-electron chi connectivity index (χ0n) is 7.95. The third-order valence-corrected chi connectivity index (χ3v) is 1.65. The van der Waals surface area contributed by atoms with E-state index in [4.69, 9.17) is 14.7 Å². The molecule has 74 valence electrons. The van der Waals surface area contributed by atoms with Crippen molar-refractivity contribution < 1.29 is 14.3 Å².